The zero-order chi connectivity index (χ0) is 22.9. The molecule has 0 heterocycles. The van der Waals surface area contributed by atoms with Crippen molar-refractivity contribution in [1.29, 1.82) is 0 Å². The second-order valence-corrected chi connectivity index (χ2v) is 10.9. The van der Waals surface area contributed by atoms with Crippen molar-refractivity contribution >= 4 is 17.2 Å². The molecule has 0 radical (unpaired) electrons. The molecule has 0 unspecified atom stereocenters. The van der Waals surface area contributed by atoms with Crippen LogP contribution < -0.4 is 9.05 Å². The average molecular weight is 463 g/mol. The first kappa shape index (κ1) is 27.6. The highest BCUT2D eigenvalue weighted by atomic mass is 31.2. The molecule has 6 nitrogen and oxygen atoms in total. The zero-order valence-corrected chi connectivity index (χ0v) is 22.1. The largest absolute Gasteiger partial charge is 0.426 e. The Morgan fingerprint density at radius 3 is 1.03 bits per heavy atom. The van der Waals surface area contributed by atoms with E-state index in [-0.39, 0.29) is 10.8 Å². The number of benzene rings is 1. The summed E-state index contributed by atoms with van der Waals surface area (Å²) in [4.78, 5) is 0. The molecule has 0 saturated heterocycles. The predicted molar refractivity (Wildman–Crippen MR) is 125 cm³/mol. The summed E-state index contributed by atoms with van der Waals surface area (Å²) >= 11 is 0. The van der Waals surface area contributed by atoms with Gasteiger partial charge in [0.15, 0.2) is 0 Å². The van der Waals surface area contributed by atoms with E-state index < -0.39 is 17.2 Å². The van der Waals surface area contributed by atoms with Gasteiger partial charge >= 0.3 is 17.2 Å². The summed E-state index contributed by atoms with van der Waals surface area (Å²) < 4.78 is 35.3. The Morgan fingerprint density at radius 1 is 0.567 bits per heavy atom. The van der Waals surface area contributed by atoms with Crippen LogP contribution in [0.4, 0.5) is 0 Å². The highest BCUT2D eigenvalue weighted by molar-refractivity contribution is 7.42. The Labute approximate surface area is 185 Å². The van der Waals surface area contributed by atoms with E-state index in [2.05, 4.69) is 53.7 Å². The summed E-state index contributed by atoms with van der Waals surface area (Å²) in [6.45, 7) is 22.7. The summed E-state index contributed by atoms with van der Waals surface area (Å²) in [5.74, 6) is 1.51. The molecule has 174 valence electrons. The van der Waals surface area contributed by atoms with E-state index in [1.54, 1.807) is 0 Å². The topological polar surface area (TPSA) is 55.4 Å². The molecule has 0 bridgehead atoms. The number of hydrogen-bond donors (Lipinski definition) is 0. The molecule has 0 saturated carbocycles. The molecule has 0 amide bonds. The van der Waals surface area contributed by atoms with Crippen molar-refractivity contribution in [3.63, 3.8) is 0 Å². The smallest absolute Gasteiger partial charge is 0.397 e. The molecule has 0 aliphatic carbocycles. The molecule has 0 fully saturated rings. The normalized spacial score (nSPS) is 12.7. The molecule has 0 aliphatic heterocycles. The third-order valence-electron chi connectivity index (χ3n) is 3.98. The monoisotopic (exact) mass is 462 g/mol. The van der Waals surface area contributed by atoms with Gasteiger partial charge in [-0.2, -0.15) is 0 Å². The minimum atomic E-state index is -1.47. The van der Waals surface area contributed by atoms with E-state index in [0.29, 0.717) is 26.4 Å². The van der Waals surface area contributed by atoms with Crippen molar-refractivity contribution in [2.45, 2.75) is 80.1 Å². The van der Waals surface area contributed by atoms with Crippen LogP contribution in [0.15, 0.2) is 12.1 Å². The maximum atomic E-state index is 6.25. The van der Waals surface area contributed by atoms with Crippen LogP contribution in [0.25, 0.3) is 0 Å². The van der Waals surface area contributed by atoms with Crippen LogP contribution in [0.2, 0.25) is 0 Å². The fraction of sp³-hybridized carbons (Fsp3) is 0.727. The van der Waals surface area contributed by atoms with Gasteiger partial charge in [-0.1, -0.05) is 41.5 Å². The van der Waals surface area contributed by atoms with Gasteiger partial charge < -0.3 is 27.1 Å². The summed E-state index contributed by atoms with van der Waals surface area (Å²) in [5, 5.41) is 0. The van der Waals surface area contributed by atoms with Gasteiger partial charge in [0.25, 0.3) is 0 Å². The summed E-state index contributed by atoms with van der Waals surface area (Å²) in [7, 11) is -2.95. The first-order chi connectivity index (χ1) is 14.0. The van der Waals surface area contributed by atoms with Gasteiger partial charge in [-0.25, -0.2) is 0 Å². The van der Waals surface area contributed by atoms with Crippen molar-refractivity contribution in [3.05, 3.63) is 23.3 Å². The fourth-order valence-corrected chi connectivity index (χ4v) is 4.47. The van der Waals surface area contributed by atoms with Crippen LogP contribution in [0.5, 0.6) is 11.5 Å². The molecule has 0 aliphatic rings. The van der Waals surface area contributed by atoms with Crippen molar-refractivity contribution in [3.8, 4) is 11.5 Å². The van der Waals surface area contributed by atoms with Gasteiger partial charge in [0.2, 0.25) is 0 Å². The maximum Gasteiger partial charge on any atom is 0.397 e. The van der Waals surface area contributed by atoms with E-state index in [0.717, 1.165) is 22.6 Å². The standard InChI is InChI=1S/C22H40O6P2/c1-11-23-29(24-12-2)27-19-15-18(22(8,9)10)20(16-17(19)21(5,6)7)28-30(25-13-3)26-14-4/h15-16H,11-14H2,1-10H3. The number of rotatable bonds is 12. The molecule has 30 heavy (non-hydrogen) atoms. The van der Waals surface area contributed by atoms with Crippen molar-refractivity contribution in [1.82, 2.24) is 0 Å². The Balaban J connectivity index is 3.52. The van der Waals surface area contributed by atoms with E-state index >= 15 is 0 Å². The highest BCUT2D eigenvalue weighted by Gasteiger charge is 2.30. The average Bonchev–Trinajstić information content (AvgIpc) is 2.61. The van der Waals surface area contributed by atoms with Crippen molar-refractivity contribution < 1.29 is 27.1 Å². The first-order valence-corrected chi connectivity index (χ1v) is 12.8. The highest BCUT2D eigenvalue weighted by Crippen LogP contribution is 2.50. The van der Waals surface area contributed by atoms with Gasteiger partial charge in [0.05, 0.1) is 26.4 Å². The third-order valence-corrected chi connectivity index (χ3v) is 6.55. The van der Waals surface area contributed by atoms with Gasteiger partial charge in [-0.3, -0.25) is 0 Å². The van der Waals surface area contributed by atoms with Crippen LogP contribution in [0.3, 0.4) is 0 Å². The van der Waals surface area contributed by atoms with Crippen molar-refractivity contribution in [2.75, 3.05) is 26.4 Å². The van der Waals surface area contributed by atoms with Crippen LogP contribution >= 0.6 is 17.2 Å². The molecule has 0 N–H and O–H groups in total. The van der Waals surface area contributed by atoms with Crippen LogP contribution in [0, 0.1) is 0 Å². The Hall–Kier alpha value is -0.480. The van der Waals surface area contributed by atoms with E-state index in [9.17, 15) is 0 Å². The quantitative estimate of drug-likeness (QED) is 0.298. The molecule has 1 aromatic carbocycles. The third kappa shape index (κ3) is 8.57. The lowest BCUT2D eigenvalue weighted by atomic mass is 9.81. The van der Waals surface area contributed by atoms with Gasteiger partial charge in [-0.15, -0.1) is 0 Å². The molecular weight excluding hydrogens is 422 g/mol. The minimum Gasteiger partial charge on any atom is -0.426 e. The van der Waals surface area contributed by atoms with E-state index in [4.69, 9.17) is 27.1 Å². The molecule has 1 aromatic rings. The van der Waals surface area contributed by atoms with Crippen LogP contribution in [-0.4, -0.2) is 26.4 Å². The lowest BCUT2D eigenvalue weighted by Gasteiger charge is -2.30. The SMILES string of the molecule is CCOP(OCC)Oc1cc(C(C)(C)C)c(OP(OCC)OCC)cc1C(C)(C)C. The maximum absolute atomic E-state index is 6.25. The molecule has 0 atom stereocenters. The van der Waals surface area contributed by atoms with E-state index in [1.165, 1.54) is 0 Å². The fourth-order valence-electron chi connectivity index (χ4n) is 2.65. The van der Waals surface area contributed by atoms with E-state index in [1.807, 2.05) is 27.7 Å². The van der Waals surface area contributed by atoms with Gasteiger partial charge in [-0.05, 0) is 50.7 Å². The molecule has 0 aromatic heterocycles. The summed E-state index contributed by atoms with van der Waals surface area (Å²) in [6.07, 6.45) is 0. The second kappa shape index (κ2) is 12.5. The first-order valence-electron chi connectivity index (χ1n) is 10.6. The molecule has 1 rings (SSSR count). The van der Waals surface area contributed by atoms with Gasteiger partial charge in [0.1, 0.15) is 11.5 Å². The zero-order valence-electron chi connectivity index (χ0n) is 20.3. The summed E-state index contributed by atoms with van der Waals surface area (Å²) in [5.41, 5.74) is 1.67. The minimum absolute atomic E-state index is 0.177. The van der Waals surface area contributed by atoms with Crippen LogP contribution in [0.1, 0.15) is 80.4 Å². The molecule has 0 spiro atoms. The lowest BCUT2D eigenvalue weighted by molar-refractivity contribution is 0.217. The lowest BCUT2D eigenvalue weighted by Crippen LogP contribution is -2.18. The Kier molecular flexibility index (Phi) is 11.5. The van der Waals surface area contributed by atoms with Crippen LogP contribution in [-0.2, 0) is 28.9 Å². The number of hydrogen-bond acceptors (Lipinski definition) is 6. The molecular formula is C22H40O6P2. The van der Waals surface area contributed by atoms with Gasteiger partial charge in [0, 0.05) is 11.1 Å². The Bertz CT molecular complexity index is 572. The second-order valence-electron chi connectivity index (χ2n) is 8.65. The summed E-state index contributed by atoms with van der Waals surface area (Å²) in [6, 6.07) is 4.10. The predicted octanol–water partition coefficient (Wildman–Crippen LogP) is 7.64. The Morgan fingerprint density at radius 2 is 0.833 bits per heavy atom. The van der Waals surface area contributed by atoms with Crippen molar-refractivity contribution in [2.24, 2.45) is 0 Å². The molecule has 8 heteroatoms.